The van der Waals surface area contributed by atoms with Crippen molar-refractivity contribution in [1.82, 2.24) is 9.55 Å². The molecule has 3 rings (SSSR count). The van der Waals surface area contributed by atoms with Crippen LogP contribution in [0, 0.1) is 0 Å². The first-order valence-electron chi connectivity index (χ1n) is 8.24. The first kappa shape index (κ1) is 19.3. The molecule has 144 valence electrons. The molecule has 0 amide bonds. The second-order valence-electron chi connectivity index (χ2n) is 5.79. The van der Waals surface area contributed by atoms with Crippen molar-refractivity contribution in [3.63, 3.8) is 0 Å². The number of nitrogens with one attached hydrogen (secondary N) is 1. The van der Waals surface area contributed by atoms with Crippen LogP contribution >= 0.6 is 7.60 Å². The lowest BCUT2D eigenvalue weighted by molar-refractivity contribution is -0.127. The van der Waals surface area contributed by atoms with E-state index < -0.39 is 37.7 Å². The molecule has 0 radical (unpaired) electrons. The Morgan fingerprint density at radius 1 is 1.26 bits per heavy atom. The van der Waals surface area contributed by atoms with Gasteiger partial charge in [-0.2, -0.15) is 0 Å². The van der Waals surface area contributed by atoms with Crippen molar-refractivity contribution in [2.24, 2.45) is 0 Å². The number of H-pyrrole nitrogens is 1. The Bertz CT molecular complexity index is 983. The quantitative estimate of drug-likeness (QED) is 0.542. The number of aromatic amines is 1. The molecular weight excluding hydrogens is 375 g/mol. The van der Waals surface area contributed by atoms with Gasteiger partial charge >= 0.3 is 13.3 Å². The highest BCUT2D eigenvalue weighted by atomic mass is 31.2. The molecule has 0 saturated carbocycles. The van der Waals surface area contributed by atoms with Crippen LogP contribution in [0.3, 0.4) is 0 Å². The Hall–Kier alpha value is -2.45. The van der Waals surface area contributed by atoms with Crippen LogP contribution in [-0.4, -0.2) is 27.1 Å². The number of benzene rings is 1. The molecule has 0 aliphatic carbocycles. The van der Waals surface area contributed by atoms with Gasteiger partial charge in [-0.05, 0) is 30.7 Å². The van der Waals surface area contributed by atoms with Crippen LogP contribution in [0.15, 0.2) is 58.3 Å². The summed E-state index contributed by atoms with van der Waals surface area (Å²) >= 11 is 0. The fourth-order valence-corrected chi connectivity index (χ4v) is 3.31. The number of rotatable bonds is 7. The summed E-state index contributed by atoms with van der Waals surface area (Å²) in [5, 5.41) is 0. The number of hydrogen-bond donors (Lipinski definition) is 2. The molecule has 1 aliphatic rings. The summed E-state index contributed by atoms with van der Waals surface area (Å²) in [5.74, 6) is 0.250. The number of aryl methyl sites for hydroxylation is 1. The molecular formula is C17H19N2O7P. The van der Waals surface area contributed by atoms with Gasteiger partial charge in [0.1, 0.15) is 5.75 Å². The molecule has 9 nitrogen and oxygen atoms in total. The van der Waals surface area contributed by atoms with Crippen molar-refractivity contribution in [2.75, 3.05) is 6.35 Å². The van der Waals surface area contributed by atoms with E-state index in [4.69, 9.17) is 14.0 Å². The largest absolute Gasteiger partial charge is 0.423 e. The topological polar surface area (TPSA) is 120 Å². The van der Waals surface area contributed by atoms with Crippen LogP contribution in [0.4, 0.5) is 0 Å². The van der Waals surface area contributed by atoms with Gasteiger partial charge in [0.2, 0.25) is 0 Å². The Morgan fingerprint density at radius 3 is 2.70 bits per heavy atom. The van der Waals surface area contributed by atoms with E-state index in [1.807, 2.05) is 0 Å². The van der Waals surface area contributed by atoms with E-state index >= 15 is 0 Å². The standard InChI is InChI=1S/C17H19N2O7P/c1-2-12-10-19(17(21)18-16(12)20)14-8-9-15(25-14)24-11-27(22,23)26-13-6-4-3-5-7-13/h3-10,14-15H,2,11H2,1H3,(H,22,23)(H,18,20,21)/t14-,15+/m1/s1. The van der Waals surface area contributed by atoms with Crippen molar-refractivity contribution < 1.29 is 23.5 Å². The SMILES string of the molecule is CCc1cn([C@H]2C=C[C@@H](OCP(=O)(O)Oc3ccccc3)O2)c(=O)[nH]c1=O. The number of aromatic nitrogens is 2. The van der Waals surface area contributed by atoms with Crippen molar-refractivity contribution in [3.8, 4) is 5.75 Å². The van der Waals surface area contributed by atoms with E-state index in [0.29, 0.717) is 12.0 Å². The number of para-hydroxylation sites is 1. The van der Waals surface area contributed by atoms with Crippen molar-refractivity contribution in [2.45, 2.75) is 25.9 Å². The summed E-state index contributed by atoms with van der Waals surface area (Å²) in [5.41, 5.74) is -0.618. The molecule has 1 aromatic heterocycles. The number of ether oxygens (including phenoxy) is 2. The van der Waals surface area contributed by atoms with E-state index in [1.54, 1.807) is 43.3 Å². The van der Waals surface area contributed by atoms with Gasteiger partial charge in [-0.25, -0.2) is 9.36 Å². The monoisotopic (exact) mass is 394 g/mol. The fourth-order valence-electron chi connectivity index (χ4n) is 2.48. The zero-order chi connectivity index (χ0) is 19.4. The van der Waals surface area contributed by atoms with E-state index in [9.17, 15) is 19.0 Å². The molecule has 10 heteroatoms. The second-order valence-corrected chi connectivity index (χ2v) is 7.51. The lowest BCUT2D eigenvalue weighted by atomic mass is 10.2. The molecule has 1 aromatic carbocycles. The van der Waals surface area contributed by atoms with Gasteiger partial charge in [-0.15, -0.1) is 0 Å². The summed E-state index contributed by atoms with van der Waals surface area (Å²) in [6.45, 7) is 1.79. The fraction of sp³-hybridized carbons (Fsp3) is 0.294. The minimum absolute atomic E-state index is 0.250. The zero-order valence-electron chi connectivity index (χ0n) is 14.5. The van der Waals surface area contributed by atoms with Crippen molar-refractivity contribution in [1.29, 1.82) is 0 Å². The van der Waals surface area contributed by atoms with Crippen LogP contribution in [0.25, 0.3) is 0 Å². The van der Waals surface area contributed by atoms with Crippen LogP contribution < -0.4 is 15.8 Å². The minimum atomic E-state index is -4.04. The second kappa shape index (κ2) is 8.06. The summed E-state index contributed by atoms with van der Waals surface area (Å²) in [6, 6.07) is 8.22. The Balaban J connectivity index is 1.61. The summed E-state index contributed by atoms with van der Waals surface area (Å²) < 4.78 is 29.2. The van der Waals surface area contributed by atoms with E-state index in [-0.39, 0.29) is 5.75 Å². The van der Waals surface area contributed by atoms with Gasteiger partial charge in [0.15, 0.2) is 18.9 Å². The highest BCUT2D eigenvalue weighted by Crippen LogP contribution is 2.43. The predicted octanol–water partition coefficient (Wildman–Crippen LogP) is 1.75. The molecule has 2 heterocycles. The first-order chi connectivity index (χ1) is 12.9. The highest BCUT2D eigenvalue weighted by molar-refractivity contribution is 7.53. The number of nitrogens with zero attached hydrogens (tertiary/aromatic N) is 1. The van der Waals surface area contributed by atoms with E-state index in [1.165, 1.54) is 16.8 Å². The minimum Gasteiger partial charge on any atom is -0.423 e. The van der Waals surface area contributed by atoms with E-state index in [2.05, 4.69) is 4.98 Å². The molecule has 3 atom stereocenters. The van der Waals surface area contributed by atoms with Crippen LogP contribution in [-0.2, 0) is 20.5 Å². The van der Waals surface area contributed by atoms with Gasteiger partial charge in [0, 0.05) is 11.8 Å². The third kappa shape index (κ3) is 4.84. The average Bonchev–Trinajstić information content (AvgIpc) is 3.10. The summed E-state index contributed by atoms with van der Waals surface area (Å²) in [4.78, 5) is 35.7. The van der Waals surface area contributed by atoms with Crippen LogP contribution in [0.5, 0.6) is 5.75 Å². The molecule has 1 unspecified atom stereocenters. The Kier molecular flexibility index (Phi) is 5.76. The molecule has 0 bridgehead atoms. The van der Waals surface area contributed by atoms with Gasteiger partial charge < -0.3 is 18.9 Å². The third-order valence-electron chi connectivity index (χ3n) is 3.80. The smallest absolute Gasteiger partial charge is 0.402 e. The van der Waals surface area contributed by atoms with Gasteiger partial charge in [-0.3, -0.25) is 14.3 Å². The Labute approximate surface area is 154 Å². The third-order valence-corrected chi connectivity index (χ3v) is 4.77. The first-order valence-corrected chi connectivity index (χ1v) is 10.0. The van der Waals surface area contributed by atoms with Gasteiger partial charge in [0.05, 0.1) is 0 Å². The molecule has 1 aliphatic heterocycles. The maximum absolute atomic E-state index is 12.1. The molecule has 27 heavy (non-hydrogen) atoms. The lowest BCUT2D eigenvalue weighted by Crippen LogP contribution is -2.34. The van der Waals surface area contributed by atoms with E-state index in [0.717, 1.165) is 0 Å². The predicted molar refractivity (Wildman–Crippen MR) is 96.6 cm³/mol. The van der Waals surface area contributed by atoms with Crippen LogP contribution in [0.2, 0.25) is 0 Å². The highest BCUT2D eigenvalue weighted by Gasteiger charge is 2.28. The lowest BCUT2D eigenvalue weighted by Gasteiger charge is -2.18. The Morgan fingerprint density at radius 2 is 2.00 bits per heavy atom. The van der Waals surface area contributed by atoms with Crippen molar-refractivity contribution in [3.05, 3.63) is 75.1 Å². The molecule has 0 saturated heterocycles. The normalized spacial score (nSPS) is 21.1. The van der Waals surface area contributed by atoms with Gasteiger partial charge in [0.25, 0.3) is 5.56 Å². The molecule has 0 fully saturated rings. The van der Waals surface area contributed by atoms with Crippen LogP contribution in [0.1, 0.15) is 18.7 Å². The zero-order valence-corrected chi connectivity index (χ0v) is 15.4. The molecule has 2 N–H and O–H groups in total. The van der Waals surface area contributed by atoms with Crippen molar-refractivity contribution >= 4 is 7.60 Å². The summed E-state index contributed by atoms with van der Waals surface area (Å²) in [6.07, 6.45) is 2.63. The maximum atomic E-state index is 12.1. The number of hydrogen-bond acceptors (Lipinski definition) is 6. The molecule has 0 spiro atoms. The molecule has 2 aromatic rings. The average molecular weight is 394 g/mol. The maximum Gasteiger partial charge on any atom is 0.402 e. The summed E-state index contributed by atoms with van der Waals surface area (Å²) in [7, 11) is -4.04. The van der Waals surface area contributed by atoms with Gasteiger partial charge in [-0.1, -0.05) is 25.1 Å².